The summed E-state index contributed by atoms with van der Waals surface area (Å²) in [5.74, 6) is -0.962. The zero-order valence-electron chi connectivity index (χ0n) is 14.8. The molecule has 4 rings (SSSR count). The van der Waals surface area contributed by atoms with Gasteiger partial charge in [0.2, 0.25) is 0 Å². The van der Waals surface area contributed by atoms with Gasteiger partial charge in [-0.2, -0.15) is 0 Å². The number of carbonyl (C=O) groups excluding carboxylic acids is 2. The number of methoxy groups -OCH3 is 1. The summed E-state index contributed by atoms with van der Waals surface area (Å²) in [5, 5.41) is 2.59. The van der Waals surface area contributed by atoms with Gasteiger partial charge in [0.25, 0.3) is 5.91 Å². The fraction of sp³-hybridized carbons (Fsp3) is 0.211. The third-order valence-corrected chi connectivity index (χ3v) is 4.50. The molecule has 0 radical (unpaired) electrons. The van der Waals surface area contributed by atoms with Gasteiger partial charge in [-0.3, -0.25) is 9.69 Å². The molecule has 3 amide bonds. The van der Waals surface area contributed by atoms with Crippen LogP contribution in [-0.2, 0) is 11.3 Å². The first-order chi connectivity index (χ1) is 13.0. The number of pyridine rings is 1. The molecule has 1 unspecified atom stereocenters. The van der Waals surface area contributed by atoms with Crippen LogP contribution in [0, 0.1) is 12.7 Å². The molecule has 0 bridgehead atoms. The number of imide groups is 1. The SMILES string of the molecule is COc1ccc(C2NC(=O)N(Cc3cn4cc(C)ccc4n3)C2=O)cc1F. The largest absolute Gasteiger partial charge is 0.494 e. The number of fused-ring (bicyclic) bond motifs is 1. The molecule has 1 aromatic carbocycles. The Kier molecular flexibility index (Phi) is 4.02. The van der Waals surface area contributed by atoms with Crippen molar-refractivity contribution in [1.29, 1.82) is 0 Å². The van der Waals surface area contributed by atoms with E-state index in [-0.39, 0.29) is 12.3 Å². The lowest BCUT2D eigenvalue weighted by Gasteiger charge is -2.12. The lowest BCUT2D eigenvalue weighted by atomic mass is 10.1. The molecule has 1 saturated heterocycles. The monoisotopic (exact) mass is 368 g/mol. The topological polar surface area (TPSA) is 75.9 Å². The molecule has 1 aliphatic heterocycles. The molecule has 1 aliphatic rings. The molecule has 2 aromatic heterocycles. The van der Waals surface area contributed by atoms with Crippen molar-refractivity contribution in [1.82, 2.24) is 19.6 Å². The average Bonchev–Trinajstić information content (AvgIpc) is 3.16. The summed E-state index contributed by atoms with van der Waals surface area (Å²) in [6.45, 7) is 2.01. The van der Waals surface area contributed by atoms with E-state index in [0.29, 0.717) is 11.3 Å². The van der Waals surface area contributed by atoms with Gasteiger partial charge in [0.05, 0.1) is 19.3 Å². The zero-order chi connectivity index (χ0) is 19.1. The number of halogens is 1. The minimum atomic E-state index is -0.933. The molecule has 0 saturated carbocycles. The number of carbonyl (C=O) groups is 2. The van der Waals surface area contributed by atoms with Crippen LogP contribution in [0.2, 0.25) is 0 Å². The number of nitrogens with one attached hydrogen (secondary N) is 1. The van der Waals surface area contributed by atoms with Crippen LogP contribution >= 0.6 is 0 Å². The number of amides is 3. The standard InChI is InChI=1S/C19H17FN4O3/c1-11-3-6-16-21-13(9-23(16)8-11)10-24-18(25)17(22-19(24)26)12-4-5-15(27-2)14(20)7-12/h3-9,17H,10H2,1-2H3,(H,22,26). The Morgan fingerprint density at radius 3 is 2.78 bits per heavy atom. The van der Waals surface area contributed by atoms with E-state index in [4.69, 9.17) is 4.74 Å². The van der Waals surface area contributed by atoms with Gasteiger partial charge in [0.1, 0.15) is 11.7 Å². The Balaban J connectivity index is 1.58. The van der Waals surface area contributed by atoms with Crippen molar-refractivity contribution in [3.8, 4) is 5.75 Å². The lowest BCUT2D eigenvalue weighted by molar-refractivity contribution is -0.128. The van der Waals surface area contributed by atoms with E-state index in [0.717, 1.165) is 16.1 Å². The maximum Gasteiger partial charge on any atom is 0.325 e. The minimum absolute atomic E-state index is 0.0422. The molecule has 3 heterocycles. The summed E-state index contributed by atoms with van der Waals surface area (Å²) < 4.78 is 20.7. The first-order valence-corrected chi connectivity index (χ1v) is 8.36. The van der Waals surface area contributed by atoms with Crippen LogP contribution in [0.15, 0.2) is 42.7 Å². The van der Waals surface area contributed by atoms with Crippen LogP contribution in [0.1, 0.15) is 22.9 Å². The molecule has 0 aliphatic carbocycles. The molecule has 3 aromatic rings. The average molecular weight is 368 g/mol. The van der Waals surface area contributed by atoms with Crippen LogP contribution < -0.4 is 10.1 Å². The number of hydrogen-bond donors (Lipinski definition) is 1. The molecule has 7 nitrogen and oxygen atoms in total. The third kappa shape index (κ3) is 2.99. The summed E-state index contributed by atoms with van der Waals surface area (Å²) in [5.41, 5.74) is 2.75. The molecule has 27 heavy (non-hydrogen) atoms. The number of nitrogens with zero attached hydrogens (tertiary/aromatic N) is 3. The normalized spacial score (nSPS) is 16.9. The quantitative estimate of drug-likeness (QED) is 0.718. The van der Waals surface area contributed by atoms with E-state index >= 15 is 0 Å². The Morgan fingerprint density at radius 2 is 2.04 bits per heavy atom. The fourth-order valence-corrected chi connectivity index (χ4v) is 3.15. The highest BCUT2D eigenvalue weighted by molar-refractivity contribution is 6.04. The predicted molar refractivity (Wildman–Crippen MR) is 94.7 cm³/mol. The van der Waals surface area contributed by atoms with Crippen molar-refractivity contribution in [2.45, 2.75) is 19.5 Å². The van der Waals surface area contributed by atoms with Crippen LogP contribution in [-0.4, -0.2) is 33.3 Å². The van der Waals surface area contributed by atoms with Gasteiger partial charge in [0.15, 0.2) is 11.6 Å². The Labute approximate surface area is 154 Å². The van der Waals surface area contributed by atoms with Gasteiger partial charge < -0.3 is 14.5 Å². The van der Waals surface area contributed by atoms with Crippen molar-refractivity contribution in [2.24, 2.45) is 0 Å². The smallest absolute Gasteiger partial charge is 0.325 e. The number of aryl methyl sites for hydroxylation is 1. The zero-order valence-corrected chi connectivity index (χ0v) is 14.8. The van der Waals surface area contributed by atoms with Gasteiger partial charge in [0, 0.05) is 12.4 Å². The maximum atomic E-state index is 13.9. The first kappa shape index (κ1) is 17.0. The highest BCUT2D eigenvalue weighted by Gasteiger charge is 2.39. The second-order valence-corrected chi connectivity index (χ2v) is 6.41. The van der Waals surface area contributed by atoms with Crippen molar-refractivity contribution >= 4 is 17.6 Å². The van der Waals surface area contributed by atoms with E-state index in [1.807, 2.05) is 29.7 Å². The van der Waals surface area contributed by atoms with E-state index in [2.05, 4.69) is 10.3 Å². The number of aromatic nitrogens is 2. The molecule has 1 fully saturated rings. The number of hydrogen-bond acceptors (Lipinski definition) is 4. The molecule has 1 N–H and O–H groups in total. The van der Waals surface area contributed by atoms with Crippen molar-refractivity contribution < 1.29 is 18.7 Å². The summed E-state index contributed by atoms with van der Waals surface area (Å²) >= 11 is 0. The van der Waals surface area contributed by atoms with Gasteiger partial charge >= 0.3 is 6.03 Å². The minimum Gasteiger partial charge on any atom is -0.494 e. The third-order valence-electron chi connectivity index (χ3n) is 4.50. The van der Waals surface area contributed by atoms with Crippen molar-refractivity contribution in [3.05, 3.63) is 65.4 Å². The van der Waals surface area contributed by atoms with E-state index in [9.17, 15) is 14.0 Å². The van der Waals surface area contributed by atoms with Crippen LogP contribution in [0.25, 0.3) is 5.65 Å². The highest BCUT2D eigenvalue weighted by Crippen LogP contribution is 2.27. The van der Waals surface area contributed by atoms with Gasteiger partial charge in [-0.05, 0) is 36.2 Å². The van der Waals surface area contributed by atoms with Crippen molar-refractivity contribution in [3.63, 3.8) is 0 Å². The molecule has 0 spiro atoms. The van der Waals surface area contributed by atoms with Crippen LogP contribution in [0.3, 0.4) is 0 Å². The highest BCUT2D eigenvalue weighted by atomic mass is 19.1. The molecule has 8 heteroatoms. The number of ether oxygens (including phenoxy) is 1. The maximum absolute atomic E-state index is 13.9. The predicted octanol–water partition coefficient (Wildman–Crippen LogP) is 2.58. The van der Waals surface area contributed by atoms with Gasteiger partial charge in [-0.1, -0.05) is 12.1 Å². The number of urea groups is 1. The summed E-state index contributed by atoms with van der Waals surface area (Å²) in [7, 11) is 1.36. The van der Waals surface area contributed by atoms with Gasteiger partial charge in [-0.15, -0.1) is 0 Å². The van der Waals surface area contributed by atoms with E-state index < -0.39 is 23.8 Å². The van der Waals surface area contributed by atoms with E-state index in [1.165, 1.54) is 19.2 Å². The second kappa shape index (κ2) is 6.39. The molecular weight excluding hydrogens is 351 g/mol. The van der Waals surface area contributed by atoms with Gasteiger partial charge in [-0.25, -0.2) is 14.2 Å². The van der Waals surface area contributed by atoms with E-state index in [1.54, 1.807) is 12.3 Å². The molecular formula is C19H17FN4O3. The molecule has 138 valence electrons. The lowest BCUT2D eigenvalue weighted by Crippen LogP contribution is -2.30. The number of benzene rings is 1. The Morgan fingerprint density at radius 1 is 1.22 bits per heavy atom. The van der Waals surface area contributed by atoms with Crippen LogP contribution in [0.4, 0.5) is 9.18 Å². The first-order valence-electron chi connectivity index (χ1n) is 8.36. The Hall–Kier alpha value is -3.42. The summed E-state index contributed by atoms with van der Waals surface area (Å²) in [6.07, 6.45) is 3.70. The Bertz CT molecular complexity index is 1060. The second-order valence-electron chi connectivity index (χ2n) is 6.41. The number of rotatable bonds is 4. The van der Waals surface area contributed by atoms with Crippen LogP contribution in [0.5, 0.6) is 5.75 Å². The summed E-state index contributed by atoms with van der Waals surface area (Å²) in [4.78, 5) is 30.5. The molecule has 1 atom stereocenters. The summed E-state index contributed by atoms with van der Waals surface area (Å²) in [6, 6.07) is 6.52. The number of imidazole rings is 1. The fourth-order valence-electron chi connectivity index (χ4n) is 3.15. The van der Waals surface area contributed by atoms with Crippen molar-refractivity contribution in [2.75, 3.05) is 7.11 Å².